The van der Waals surface area contributed by atoms with E-state index in [-0.39, 0.29) is 6.04 Å². The highest BCUT2D eigenvalue weighted by Gasteiger charge is 2.26. The molecule has 0 bridgehead atoms. The molecule has 0 saturated heterocycles. The molecule has 0 unspecified atom stereocenters. The highest BCUT2D eigenvalue weighted by Crippen LogP contribution is 2.40. The molecule has 0 aliphatic heterocycles. The van der Waals surface area contributed by atoms with Crippen LogP contribution in [0.3, 0.4) is 0 Å². The third kappa shape index (κ3) is 2.61. The van der Waals surface area contributed by atoms with Gasteiger partial charge in [0.25, 0.3) is 0 Å². The number of ether oxygens (including phenoxy) is 2. The average molecular weight is 249 g/mol. The van der Waals surface area contributed by atoms with E-state index in [0.717, 1.165) is 17.1 Å². The van der Waals surface area contributed by atoms with E-state index in [9.17, 15) is 0 Å². The van der Waals surface area contributed by atoms with Crippen LogP contribution in [0.15, 0.2) is 18.2 Å². The van der Waals surface area contributed by atoms with Crippen molar-refractivity contribution >= 4 is 0 Å². The molecule has 0 aromatic heterocycles. The quantitative estimate of drug-likeness (QED) is 0.890. The largest absolute Gasteiger partial charge is 0.496 e. The van der Waals surface area contributed by atoms with Crippen molar-refractivity contribution in [1.82, 2.24) is 0 Å². The summed E-state index contributed by atoms with van der Waals surface area (Å²) in [5.74, 6) is 2.23. The van der Waals surface area contributed by atoms with E-state index in [4.69, 9.17) is 15.2 Å². The summed E-state index contributed by atoms with van der Waals surface area (Å²) < 4.78 is 10.9. The summed E-state index contributed by atoms with van der Waals surface area (Å²) in [7, 11) is 3.37. The van der Waals surface area contributed by atoms with Gasteiger partial charge in [0, 0.05) is 6.04 Å². The highest BCUT2D eigenvalue weighted by molar-refractivity contribution is 5.47. The molecule has 1 atom stereocenters. The molecule has 1 aromatic carbocycles. The van der Waals surface area contributed by atoms with Crippen LogP contribution in [-0.2, 0) is 0 Å². The minimum atomic E-state index is 0.0106. The fourth-order valence-electron chi connectivity index (χ4n) is 2.94. The molecule has 1 aliphatic rings. The van der Waals surface area contributed by atoms with Crippen molar-refractivity contribution in [3.63, 3.8) is 0 Å². The molecule has 18 heavy (non-hydrogen) atoms. The third-order valence-electron chi connectivity index (χ3n) is 3.96. The highest BCUT2D eigenvalue weighted by atomic mass is 16.5. The summed E-state index contributed by atoms with van der Waals surface area (Å²) in [4.78, 5) is 0. The molecule has 3 heteroatoms. The zero-order valence-electron chi connectivity index (χ0n) is 11.3. The van der Waals surface area contributed by atoms with Gasteiger partial charge in [0.15, 0.2) is 0 Å². The van der Waals surface area contributed by atoms with Gasteiger partial charge in [0.2, 0.25) is 0 Å². The predicted octanol–water partition coefficient (Wildman–Crippen LogP) is 3.28. The summed E-state index contributed by atoms with van der Waals surface area (Å²) >= 11 is 0. The number of rotatable bonds is 4. The van der Waals surface area contributed by atoms with E-state index in [1.807, 2.05) is 18.2 Å². The average Bonchev–Trinajstić information content (AvgIpc) is 2.46. The van der Waals surface area contributed by atoms with Gasteiger partial charge in [0.1, 0.15) is 11.5 Å². The zero-order chi connectivity index (χ0) is 13.0. The SMILES string of the molecule is COc1cccc(OC)c1[C@H](N)C1CCCCC1. The van der Waals surface area contributed by atoms with Crippen molar-refractivity contribution in [2.45, 2.75) is 38.1 Å². The second kappa shape index (κ2) is 6.10. The fraction of sp³-hybridized carbons (Fsp3) is 0.600. The van der Waals surface area contributed by atoms with Gasteiger partial charge in [-0.05, 0) is 30.9 Å². The van der Waals surface area contributed by atoms with Gasteiger partial charge in [0.05, 0.1) is 19.8 Å². The summed E-state index contributed by atoms with van der Waals surface area (Å²) in [6.07, 6.45) is 6.34. The van der Waals surface area contributed by atoms with Crippen LogP contribution in [0.25, 0.3) is 0 Å². The Hall–Kier alpha value is -1.22. The lowest BCUT2D eigenvalue weighted by molar-refractivity contribution is 0.293. The first-order chi connectivity index (χ1) is 8.77. The van der Waals surface area contributed by atoms with Crippen LogP contribution in [-0.4, -0.2) is 14.2 Å². The molecule has 1 aromatic rings. The molecular weight excluding hydrogens is 226 g/mol. The molecule has 3 nitrogen and oxygen atoms in total. The second-order valence-corrected chi connectivity index (χ2v) is 5.00. The van der Waals surface area contributed by atoms with Crippen LogP contribution >= 0.6 is 0 Å². The maximum atomic E-state index is 6.46. The standard InChI is InChI=1S/C15H23NO2/c1-17-12-9-6-10-13(18-2)14(12)15(16)11-7-4-3-5-8-11/h6,9-11,15H,3-5,7-8,16H2,1-2H3/t15-/m1/s1. The summed E-state index contributed by atoms with van der Waals surface area (Å²) in [6.45, 7) is 0. The molecule has 1 saturated carbocycles. The Morgan fingerprint density at radius 1 is 1.06 bits per heavy atom. The lowest BCUT2D eigenvalue weighted by Gasteiger charge is -2.29. The number of benzene rings is 1. The van der Waals surface area contributed by atoms with Gasteiger partial charge in [-0.15, -0.1) is 0 Å². The molecule has 0 radical (unpaired) electrons. The van der Waals surface area contributed by atoms with E-state index in [1.54, 1.807) is 14.2 Å². The number of hydrogen-bond acceptors (Lipinski definition) is 3. The maximum Gasteiger partial charge on any atom is 0.127 e. The van der Waals surface area contributed by atoms with Crippen LogP contribution in [0.5, 0.6) is 11.5 Å². The molecule has 1 aliphatic carbocycles. The minimum absolute atomic E-state index is 0.0106. The van der Waals surface area contributed by atoms with Crippen molar-refractivity contribution in [2.75, 3.05) is 14.2 Å². The van der Waals surface area contributed by atoms with Crippen LogP contribution < -0.4 is 15.2 Å². The van der Waals surface area contributed by atoms with Crippen molar-refractivity contribution in [2.24, 2.45) is 11.7 Å². The molecule has 2 rings (SSSR count). The first-order valence-corrected chi connectivity index (χ1v) is 6.74. The summed E-state index contributed by atoms with van der Waals surface area (Å²) in [5, 5.41) is 0. The van der Waals surface area contributed by atoms with Crippen molar-refractivity contribution < 1.29 is 9.47 Å². The lowest BCUT2D eigenvalue weighted by atomic mass is 9.81. The Morgan fingerprint density at radius 2 is 1.61 bits per heavy atom. The minimum Gasteiger partial charge on any atom is -0.496 e. The number of nitrogens with two attached hydrogens (primary N) is 1. The van der Waals surface area contributed by atoms with E-state index in [1.165, 1.54) is 32.1 Å². The van der Waals surface area contributed by atoms with E-state index >= 15 is 0 Å². The zero-order valence-corrected chi connectivity index (χ0v) is 11.3. The van der Waals surface area contributed by atoms with E-state index in [2.05, 4.69) is 0 Å². The molecular formula is C15H23NO2. The monoisotopic (exact) mass is 249 g/mol. The molecule has 0 amide bonds. The maximum absolute atomic E-state index is 6.46. The molecule has 100 valence electrons. The van der Waals surface area contributed by atoms with E-state index in [0.29, 0.717) is 5.92 Å². The topological polar surface area (TPSA) is 44.5 Å². The fourth-order valence-corrected chi connectivity index (χ4v) is 2.94. The van der Waals surface area contributed by atoms with Crippen molar-refractivity contribution in [3.8, 4) is 11.5 Å². The predicted molar refractivity (Wildman–Crippen MR) is 73.0 cm³/mol. The molecule has 1 fully saturated rings. The number of methoxy groups -OCH3 is 2. The first kappa shape index (κ1) is 13.2. The summed E-state index contributed by atoms with van der Waals surface area (Å²) in [6, 6.07) is 5.87. The molecule has 0 spiro atoms. The Morgan fingerprint density at radius 3 is 2.11 bits per heavy atom. The Balaban J connectivity index is 2.29. The van der Waals surface area contributed by atoms with E-state index < -0.39 is 0 Å². The van der Waals surface area contributed by atoms with Gasteiger partial charge in [-0.1, -0.05) is 25.3 Å². The normalized spacial score (nSPS) is 18.4. The van der Waals surface area contributed by atoms with Gasteiger partial charge in [-0.2, -0.15) is 0 Å². The Labute approximate surface area is 109 Å². The molecule has 0 heterocycles. The Bertz CT molecular complexity index is 364. The van der Waals surface area contributed by atoms with Gasteiger partial charge < -0.3 is 15.2 Å². The van der Waals surface area contributed by atoms with Gasteiger partial charge in [-0.3, -0.25) is 0 Å². The second-order valence-electron chi connectivity index (χ2n) is 5.00. The van der Waals surface area contributed by atoms with Gasteiger partial charge in [-0.25, -0.2) is 0 Å². The van der Waals surface area contributed by atoms with Crippen molar-refractivity contribution in [1.29, 1.82) is 0 Å². The summed E-state index contributed by atoms with van der Waals surface area (Å²) in [5.41, 5.74) is 7.49. The van der Waals surface area contributed by atoms with Crippen molar-refractivity contribution in [3.05, 3.63) is 23.8 Å². The van der Waals surface area contributed by atoms with Crippen LogP contribution in [0.1, 0.15) is 43.7 Å². The van der Waals surface area contributed by atoms with Gasteiger partial charge >= 0.3 is 0 Å². The van der Waals surface area contributed by atoms with Crippen LogP contribution in [0.2, 0.25) is 0 Å². The molecule has 2 N–H and O–H groups in total. The first-order valence-electron chi connectivity index (χ1n) is 6.74. The van der Waals surface area contributed by atoms with Crippen LogP contribution in [0, 0.1) is 5.92 Å². The number of hydrogen-bond donors (Lipinski definition) is 1. The smallest absolute Gasteiger partial charge is 0.127 e. The Kier molecular flexibility index (Phi) is 4.48. The van der Waals surface area contributed by atoms with Crippen LogP contribution in [0.4, 0.5) is 0 Å². The third-order valence-corrected chi connectivity index (χ3v) is 3.96. The lowest BCUT2D eigenvalue weighted by Crippen LogP contribution is -2.24.